The van der Waals surface area contributed by atoms with Gasteiger partial charge in [0.1, 0.15) is 5.25 Å². The van der Waals surface area contributed by atoms with E-state index in [9.17, 15) is 26.4 Å². The largest absolute Gasteiger partial charge is 0.417 e. The number of nitrogens with zero attached hydrogens (tertiary/aromatic N) is 1. The summed E-state index contributed by atoms with van der Waals surface area (Å²) in [7, 11) is 1.25. The van der Waals surface area contributed by atoms with Crippen molar-refractivity contribution in [2.75, 3.05) is 11.4 Å². The van der Waals surface area contributed by atoms with Crippen LogP contribution < -0.4 is 4.90 Å². The summed E-state index contributed by atoms with van der Waals surface area (Å²) in [6.07, 6.45) is -4.94. The van der Waals surface area contributed by atoms with Crippen LogP contribution in [0.25, 0.3) is 0 Å². The average molecular weight is 407 g/mol. The molecular formula is C11H8BrClF3NO3S. The van der Waals surface area contributed by atoms with Gasteiger partial charge in [-0.3, -0.25) is 4.79 Å². The molecule has 0 aliphatic carbocycles. The van der Waals surface area contributed by atoms with E-state index in [-0.39, 0.29) is 23.1 Å². The van der Waals surface area contributed by atoms with E-state index in [1.54, 1.807) is 0 Å². The minimum atomic E-state index is -4.59. The number of rotatable bonds is 2. The maximum absolute atomic E-state index is 12.8. The summed E-state index contributed by atoms with van der Waals surface area (Å²) in [5.41, 5.74) is -0.970. The van der Waals surface area contributed by atoms with Crippen LogP contribution in [0.5, 0.6) is 0 Å². The van der Waals surface area contributed by atoms with Crippen LogP contribution in [0.2, 0.25) is 0 Å². The smallest absolute Gasteiger partial charge is 0.310 e. The zero-order valence-corrected chi connectivity index (χ0v) is 13.4. The minimum Gasteiger partial charge on any atom is -0.310 e. The Kier molecular flexibility index (Phi) is 4.29. The Labute approximate surface area is 131 Å². The first-order chi connectivity index (χ1) is 9.51. The summed E-state index contributed by atoms with van der Waals surface area (Å²) in [6, 6.07) is 3.32. The lowest BCUT2D eigenvalue weighted by Gasteiger charge is -2.20. The molecule has 1 aromatic rings. The van der Waals surface area contributed by atoms with Gasteiger partial charge < -0.3 is 4.90 Å². The summed E-state index contributed by atoms with van der Waals surface area (Å²) in [6.45, 7) is -0.273. The van der Waals surface area contributed by atoms with E-state index in [2.05, 4.69) is 15.9 Å². The van der Waals surface area contributed by atoms with Crippen molar-refractivity contribution in [3.8, 4) is 0 Å². The molecule has 4 nitrogen and oxygen atoms in total. The average Bonchev–Trinajstić information content (AvgIpc) is 2.70. The second-order valence-electron chi connectivity index (χ2n) is 4.44. The highest BCUT2D eigenvalue weighted by Crippen LogP contribution is 2.41. The van der Waals surface area contributed by atoms with Gasteiger partial charge >= 0.3 is 6.18 Å². The minimum absolute atomic E-state index is 0.0300. The first kappa shape index (κ1) is 16.6. The second-order valence-corrected chi connectivity index (χ2v) is 8.14. The number of hydrogen-bond donors (Lipinski definition) is 0. The molecule has 21 heavy (non-hydrogen) atoms. The molecule has 1 amide bonds. The van der Waals surface area contributed by atoms with Crippen LogP contribution in [0.1, 0.15) is 12.0 Å². The third kappa shape index (κ3) is 3.35. The van der Waals surface area contributed by atoms with Crippen LogP contribution in [-0.2, 0) is 20.0 Å². The summed E-state index contributed by atoms with van der Waals surface area (Å²) >= 11 is 2.83. The van der Waals surface area contributed by atoms with Crippen molar-refractivity contribution in [1.29, 1.82) is 0 Å². The van der Waals surface area contributed by atoms with Gasteiger partial charge in [0.15, 0.2) is 0 Å². The Bertz CT molecular complexity index is 692. The molecule has 2 rings (SSSR count). The third-order valence-corrected chi connectivity index (χ3v) is 5.76. The number of benzene rings is 1. The van der Waals surface area contributed by atoms with Gasteiger partial charge in [-0.15, -0.1) is 0 Å². The highest BCUT2D eigenvalue weighted by molar-refractivity contribution is 9.10. The van der Waals surface area contributed by atoms with Crippen molar-refractivity contribution in [3.05, 3.63) is 28.2 Å². The van der Waals surface area contributed by atoms with Gasteiger partial charge in [-0.25, -0.2) is 8.42 Å². The van der Waals surface area contributed by atoms with E-state index in [0.717, 1.165) is 17.0 Å². The van der Waals surface area contributed by atoms with Crippen molar-refractivity contribution < 1.29 is 26.4 Å². The van der Waals surface area contributed by atoms with E-state index in [4.69, 9.17) is 10.7 Å². The molecule has 1 aliphatic rings. The lowest BCUT2D eigenvalue weighted by Crippen LogP contribution is -2.27. The van der Waals surface area contributed by atoms with Crippen LogP contribution >= 0.6 is 26.6 Å². The van der Waals surface area contributed by atoms with Gasteiger partial charge in [-0.2, -0.15) is 13.2 Å². The summed E-state index contributed by atoms with van der Waals surface area (Å²) in [4.78, 5) is 12.8. The molecular weight excluding hydrogens is 399 g/mol. The standard InChI is InChI=1S/C11H8BrClF3NO3S/c12-10-7(11(14,15)16)2-1-3-8(10)17-5-6(4-9(17)18)21(13,19)20/h1-3,6H,4-5H2. The fourth-order valence-corrected chi connectivity index (χ4v) is 3.77. The van der Waals surface area contributed by atoms with E-state index in [1.165, 1.54) is 6.07 Å². The van der Waals surface area contributed by atoms with Gasteiger partial charge in [0.25, 0.3) is 0 Å². The Balaban J connectivity index is 2.42. The summed E-state index contributed by atoms with van der Waals surface area (Å²) in [5, 5.41) is -1.13. The topological polar surface area (TPSA) is 54.5 Å². The molecule has 0 N–H and O–H groups in total. The first-order valence-electron chi connectivity index (χ1n) is 5.61. The zero-order valence-electron chi connectivity index (χ0n) is 10.2. The van der Waals surface area contributed by atoms with Gasteiger partial charge in [-0.05, 0) is 28.1 Å². The number of halogens is 5. The van der Waals surface area contributed by atoms with Gasteiger partial charge in [0.2, 0.25) is 15.0 Å². The molecule has 0 aromatic heterocycles. The van der Waals surface area contributed by atoms with Crippen molar-refractivity contribution >= 4 is 47.3 Å². The van der Waals surface area contributed by atoms with E-state index in [0.29, 0.717) is 0 Å². The predicted molar refractivity (Wildman–Crippen MR) is 74.7 cm³/mol. The number of carbonyl (C=O) groups is 1. The normalized spacial score (nSPS) is 20.1. The fraction of sp³-hybridized carbons (Fsp3) is 0.364. The van der Waals surface area contributed by atoms with Crippen LogP contribution in [0.4, 0.5) is 18.9 Å². The number of amides is 1. The van der Waals surface area contributed by atoms with E-state index < -0.39 is 31.9 Å². The zero-order chi connectivity index (χ0) is 16.0. The van der Waals surface area contributed by atoms with Crippen LogP contribution in [0.3, 0.4) is 0 Å². The Hall–Kier alpha value is -0.800. The monoisotopic (exact) mass is 405 g/mol. The van der Waals surface area contributed by atoms with Crippen molar-refractivity contribution in [1.82, 2.24) is 0 Å². The Morgan fingerprint density at radius 1 is 1.33 bits per heavy atom. The van der Waals surface area contributed by atoms with Crippen molar-refractivity contribution in [3.63, 3.8) is 0 Å². The summed E-state index contributed by atoms with van der Waals surface area (Å²) < 4.78 is 60.7. The van der Waals surface area contributed by atoms with Crippen LogP contribution in [-0.4, -0.2) is 26.1 Å². The highest BCUT2D eigenvalue weighted by atomic mass is 79.9. The van der Waals surface area contributed by atoms with Crippen molar-refractivity contribution in [2.45, 2.75) is 17.8 Å². The molecule has 0 bridgehead atoms. The third-order valence-electron chi connectivity index (χ3n) is 3.06. The quantitative estimate of drug-likeness (QED) is 0.709. The molecule has 1 atom stereocenters. The van der Waals surface area contributed by atoms with E-state index >= 15 is 0 Å². The highest BCUT2D eigenvalue weighted by Gasteiger charge is 2.40. The Morgan fingerprint density at radius 3 is 2.43 bits per heavy atom. The summed E-state index contributed by atoms with van der Waals surface area (Å²) in [5.74, 6) is -0.593. The van der Waals surface area contributed by atoms with Crippen molar-refractivity contribution in [2.24, 2.45) is 0 Å². The second kappa shape index (κ2) is 5.44. The number of hydrogen-bond acceptors (Lipinski definition) is 3. The molecule has 1 aromatic carbocycles. The molecule has 1 unspecified atom stereocenters. The molecule has 1 heterocycles. The maximum atomic E-state index is 12.8. The molecule has 1 aliphatic heterocycles. The van der Waals surface area contributed by atoms with Gasteiger partial charge in [-0.1, -0.05) is 6.07 Å². The Morgan fingerprint density at radius 2 is 1.95 bits per heavy atom. The van der Waals surface area contributed by atoms with Gasteiger partial charge in [0.05, 0.1) is 15.7 Å². The van der Waals surface area contributed by atoms with Gasteiger partial charge in [0, 0.05) is 23.6 Å². The number of carbonyl (C=O) groups excluding carboxylic acids is 1. The molecule has 10 heteroatoms. The fourth-order valence-electron chi connectivity index (χ4n) is 2.04. The van der Waals surface area contributed by atoms with E-state index in [1.807, 2.05) is 0 Å². The molecule has 1 fully saturated rings. The molecule has 0 radical (unpaired) electrons. The first-order valence-corrected chi connectivity index (χ1v) is 8.78. The number of alkyl halides is 3. The molecule has 0 spiro atoms. The molecule has 116 valence electrons. The number of anilines is 1. The van der Waals surface area contributed by atoms with Crippen LogP contribution in [0, 0.1) is 0 Å². The lowest BCUT2D eigenvalue weighted by atomic mass is 10.2. The predicted octanol–water partition coefficient (Wildman–Crippen LogP) is 3.14. The molecule has 0 saturated carbocycles. The SMILES string of the molecule is O=C1CC(S(=O)(=O)Cl)CN1c1cccc(C(F)(F)F)c1Br. The van der Waals surface area contributed by atoms with Crippen LogP contribution in [0.15, 0.2) is 22.7 Å². The molecule has 1 saturated heterocycles. The maximum Gasteiger partial charge on any atom is 0.417 e. The lowest BCUT2D eigenvalue weighted by molar-refractivity contribution is -0.138.